The Morgan fingerprint density at radius 3 is 2.84 bits per heavy atom. The number of carbonyl (C=O) groups is 2. The minimum atomic E-state index is -1.29. The lowest BCUT2D eigenvalue weighted by atomic mass is 10.00. The lowest BCUT2D eigenvalue weighted by molar-refractivity contribution is -0.153. The summed E-state index contributed by atoms with van der Waals surface area (Å²) in [6.45, 7) is 4.00. The molecule has 19 heavy (non-hydrogen) atoms. The molecule has 1 aliphatic heterocycles. The van der Waals surface area contributed by atoms with E-state index < -0.39 is 12.1 Å². The van der Waals surface area contributed by atoms with Gasteiger partial charge >= 0.3 is 5.97 Å². The normalized spacial score (nSPS) is 15.0. The number of anilines is 1. The van der Waals surface area contributed by atoms with Crippen molar-refractivity contribution in [2.75, 3.05) is 18.1 Å². The maximum atomic E-state index is 11.6. The second-order valence-electron chi connectivity index (χ2n) is 4.42. The van der Waals surface area contributed by atoms with Crippen molar-refractivity contribution in [3.63, 3.8) is 0 Å². The summed E-state index contributed by atoms with van der Waals surface area (Å²) in [7, 11) is 0. The third-order valence-corrected chi connectivity index (χ3v) is 3.25. The molecule has 102 valence electrons. The van der Waals surface area contributed by atoms with E-state index in [1.807, 2.05) is 6.07 Å². The number of benzene rings is 1. The monoisotopic (exact) mass is 263 g/mol. The Morgan fingerprint density at radius 1 is 1.47 bits per heavy atom. The average molecular weight is 263 g/mol. The summed E-state index contributed by atoms with van der Waals surface area (Å²) >= 11 is 0. The second-order valence-corrected chi connectivity index (χ2v) is 4.42. The number of ether oxygens (including phenoxy) is 1. The molecule has 1 aromatic carbocycles. The van der Waals surface area contributed by atoms with Crippen LogP contribution in [0.4, 0.5) is 5.69 Å². The van der Waals surface area contributed by atoms with Crippen molar-refractivity contribution in [2.24, 2.45) is 0 Å². The molecule has 5 heteroatoms. The van der Waals surface area contributed by atoms with Crippen molar-refractivity contribution in [1.82, 2.24) is 0 Å². The van der Waals surface area contributed by atoms with Crippen molar-refractivity contribution < 1.29 is 19.4 Å². The summed E-state index contributed by atoms with van der Waals surface area (Å²) in [6.07, 6.45) is -0.650. The first-order chi connectivity index (χ1) is 9.06. The molecule has 0 saturated heterocycles. The Balaban J connectivity index is 2.34. The number of aliphatic hydroxyl groups excluding tert-OH is 1. The fourth-order valence-corrected chi connectivity index (χ4v) is 2.39. The third kappa shape index (κ3) is 2.46. The maximum absolute atomic E-state index is 11.6. The highest BCUT2D eigenvalue weighted by molar-refractivity contribution is 5.94. The molecule has 1 aromatic rings. The van der Waals surface area contributed by atoms with Gasteiger partial charge in [-0.2, -0.15) is 0 Å². The minimum absolute atomic E-state index is 0.0403. The van der Waals surface area contributed by atoms with Gasteiger partial charge in [0.2, 0.25) is 5.91 Å². The SMILES string of the molecule is CCOC(=O)C(O)c1cccc2c1CCN2C(C)=O. The van der Waals surface area contributed by atoms with Gasteiger partial charge in [0.1, 0.15) is 0 Å². The van der Waals surface area contributed by atoms with E-state index in [0.29, 0.717) is 18.5 Å². The predicted octanol–water partition coefficient (Wildman–Crippen LogP) is 1.19. The standard InChI is InChI=1S/C14H17NO4/c1-3-19-14(18)13(17)11-5-4-6-12-10(11)7-8-15(12)9(2)16/h4-6,13,17H,3,7-8H2,1-2H3. The number of amides is 1. The van der Waals surface area contributed by atoms with Gasteiger partial charge < -0.3 is 14.7 Å². The zero-order chi connectivity index (χ0) is 14.0. The molecule has 0 aromatic heterocycles. The van der Waals surface area contributed by atoms with Crippen LogP contribution in [0.2, 0.25) is 0 Å². The van der Waals surface area contributed by atoms with E-state index in [1.54, 1.807) is 24.0 Å². The molecule has 1 N–H and O–H groups in total. The van der Waals surface area contributed by atoms with Gasteiger partial charge in [0.15, 0.2) is 6.10 Å². The van der Waals surface area contributed by atoms with E-state index in [0.717, 1.165) is 11.3 Å². The number of aliphatic hydroxyl groups is 1. The van der Waals surface area contributed by atoms with E-state index in [4.69, 9.17) is 4.74 Å². The van der Waals surface area contributed by atoms with E-state index in [-0.39, 0.29) is 12.5 Å². The number of nitrogens with zero attached hydrogens (tertiary/aromatic N) is 1. The van der Waals surface area contributed by atoms with Gasteiger partial charge in [0, 0.05) is 19.2 Å². The number of hydrogen-bond donors (Lipinski definition) is 1. The molecule has 5 nitrogen and oxygen atoms in total. The highest BCUT2D eigenvalue weighted by atomic mass is 16.5. The van der Waals surface area contributed by atoms with Crippen LogP contribution in [-0.4, -0.2) is 30.1 Å². The molecule has 1 unspecified atom stereocenters. The van der Waals surface area contributed by atoms with Crippen molar-refractivity contribution in [1.29, 1.82) is 0 Å². The molecule has 2 rings (SSSR count). The average Bonchev–Trinajstić information content (AvgIpc) is 2.81. The number of rotatable bonds is 3. The molecule has 1 heterocycles. The summed E-state index contributed by atoms with van der Waals surface area (Å²) in [5.41, 5.74) is 2.14. The zero-order valence-corrected chi connectivity index (χ0v) is 11.0. The maximum Gasteiger partial charge on any atom is 0.339 e. The van der Waals surface area contributed by atoms with Crippen LogP contribution in [0.1, 0.15) is 31.1 Å². The van der Waals surface area contributed by atoms with Crippen LogP contribution < -0.4 is 4.90 Å². The van der Waals surface area contributed by atoms with Crippen molar-refractivity contribution in [3.8, 4) is 0 Å². The van der Waals surface area contributed by atoms with Crippen LogP contribution >= 0.6 is 0 Å². The van der Waals surface area contributed by atoms with Gasteiger partial charge in [0.25, 0.3) is 0 Å². The van der Waals surface area contributed by atoms with E-state index in [2.05, 4.69) is 0 Å². The molecule has 0 radical (unpaired) electrons. The number of carbonyl (C=O) groups excluding carboxylic acids is 2. The molecule has 1 atom stereocenters. The Bertz CT molecular complexity index is 512. The summed E-state index contributed by atoms with van der Waals surface area (Å²) in [5, 5.41) is 10.0. The lowest BCUT2D eigenvalue weighted by Crippen LogP contribution is -2.25. The van der Waals surface area contributed by atoms with E-state index in [9.17, 15) is 14.7 Å². The highest BCUT2D eigenvalue weighted by Gasteiger charge is 2.29. The fraction of sp³-hybridized carbons (Fsp3) is 0.429. The quantitative estimate of drug-likeness (QED) is 0.832. The molecular weight excluding hydrogens is 246 g/mol. The molecule has 1 aliphatic rings. The first-order valence-corrected chi connectivity index (χ1v) is 6.30. The molecule has 1 amide bonds. The highest BCUT2D eigenvalue weighted by Crippen LogP contribution is 2.33. The van der Waals surface area contributed by atoms with Gasteiger partial charge in [-0.3, -0.25) is 4.79 Å². The Kier molecular flexibility index (Phi) is 3.85. The fourth-order valence-electron chi connectivity index (χ4n) is 2.39. The molecule has 0 bridgehead atoms. The van der Waals surface area contributed by atoms with Crippen molar-refractivity contribution in [2.45, 2.75) is 26.4 Å². The van der Waals surface area contributed by atoms with Crippen molar-refractivity contribution in [3.05, 3.63) is 29.3 Å². The van der Waals surface area contributed by atoms with Gasteiger partial charge in [-0.1, -0.05) is 12.1 Å². The lowest BCUT2D eigenvalue weighted by Gasteiger charge is -2.17. The molecule has 0 saturated carbocycles. The van der Waals surface area contributed by atoms with Crippen LogP contribution in [0.25, 0.3) is 0 Å². The summed E-state index contributed by atoms with van der Waals surface area (Å²) in [6, 6.07) is 5.26. The molecule has 0 spiro atoms. The Labute approximate surface area is 111 Å². The smallest absolute Gasteiger partial charge is 0.339 e. The van der Waals surface area contributed by atoms with Crippen LogP contribution in [0.15, 0.2) is 18.2 Å². The zero-order valence-electron chi connectivity index (χ0n) is 11.0. The minimum Gasteiger partial charge on any atom is -0.464 e. The number of fused-ring (bicyclic) bond motifs is 1. The first kappa shape index (κ1) is 13.5. The van der Waals surface area contributed by atoms with Gasteiger partial charge in [-0.05, 0) is 30.5 Å². The first-order valence-electron chi connectivity index (χ1n) is 6.30. The molecular formula is C14H17NO4. The predicted molar refractivity (Wildman–Crippen MR) is 69.8 cm³/mol. The Hall–Kier alpha value is -1.88. The van der Waals surface area contributed by atoms with Crippen molar-refractivity contribution >= 4 is 17.6 Å². The summed E-state index contributed by atoms with van der Waals surface area (Å²) in [4.78, 5) is 24.8. The topological polar surface area (TPSA) is 66.8 Å². The largest absolute Gasteiger partial charge is 0.464 e. The van der Waals surface area contributed by atoms with Crippen LogP contribution in [0.3, 0.4) is 0 Å². The number of hydrogen-bond acceptors (Lipinski definition) is 4. The second kappa shape index (κ2) is 5.40. The van der Waals surface area contributed by atoms with Gasteiger partial charge in [-0.15, -0.1) is 0 Å². The number of esters is 1. The van der Waals surface area contributed by atoms with E-state index >= 15 is 0 Å². The Morgan fingerprint density at radius 2 is 2.21 bits per heavy atom. The van der Waals surface area contributed by atoms with E-state index in [1.165, 1.54) is 6.92 Å². The summed E-state index contributed by atoms with van der Waals surface area (Å²) < 4.78 is 4.82. The van der Waals surface area contributed by atoms with Crippen LogP contribution in [-0.2, 0) is 20.7 Å². The molecule has 0 aliphatic carbocycles. The van der Waals surface area contributed by atoms with Crippen LogP contribution in [0, 0.1) is 0 Å². The van der Waals surface area contributed by atoms with Gasteiger partial charge in [-0.25, -0.2) is 4.79 Å². The van der Waals surface area contributed by atoms with Gasteiger partial charge in [0.05, 0.1) is 6.61 Å². The third-order valence-electron chi connectivity index (χ3n) is 3.25. The molecule has 0 fully saturated rings. The van der Waals surface area contributed by atoms with Crippen LogP contribution in [0.5, 0.6) is 0 Å². The summed E-state index contributed by atoms with van der Waals surface area (Å²) in [5.74, 6) is -0.696.